The van der Waals surface area contributed by atoms with Gasteiger partial charge in [-0.25, -0.2) is 0 Å². The topological polar surface area (TPSA) is 78.9 Å². The fourth-order valence-electron chi connectivity index (χ4n) is 7.78. The maximum Gasteiger partial charge on any atom is 0.306 e. The highest BCUT2D eigenvalue weighted by Crippen LogP contribution is 2.16. The van der Waals surface area contributed by atoms with E-state index in [1.165, 1.54) is 135 Å². The van der Waals surface area contributed by atoms with E-state index >= 15 is 0 Å². The van der Waals surface area contributed by atoms with Gasteiger partial charge in [0.2, 0.25) is 0 Å². The summed E-state index contributed by atoms with van der Waals surface area (Å²) in [7, 11) is 0. The van der Waals surface area contributed by atoms with Crippen LogP contribution in [0.25, 0.3) is 0 Å². The molecule has 1 atom stereocenters. The molecular formula is C60H104O6. The molecule has 0 spiro atoms. The summed E-state index contributed by atoms with van der Waals surface area (Å²) in [6, 6.07) is 0. The Morgan fingerprint density at radius 1 is 0.303 bits per heavy atom. The first kappa shape index (κ1) is 62.8. The van der Waals surface area contributed by atoms with Crippen molar-refractivity contribution >= 4 is 17.9 Å². The van der Waals surface area contributed by atoms with Gasteiger partial charge in [0.25, 0.3) is 0 Å². The van der Waals surface area contributed by atoms with E-state index in [1.807, 2.05) is 0 Å². The zero-order valence-corrected chi connectivity index (χ0v) is 43.4. The van der Waals surface area contributed by atoms with E-state index in [0.29, 0.717) is 19.3 Å². The third-order valence-electron chi connectivity index (χ3n) is 12.1. The van der Waals surface area contributed by atoms with E-state index in [1.54, 1.807) is 0 Å². The maximum absolute atomic E-state index is 12.8. The summed E-state index contributed by atoms with van der Waals surface area (Å²) in [6.07, 6.45) is 68.9. The van der Waals surface area contributed by atoms with Gasteiger partial charge in [-0.1, -0.05) is 261 Å². The minimum atomic E-state index is -0.797. The number of carbonyl (C=O) groups is 3. The van der Waals surface area contributed by atoms with E-state index < -0.39 is 6.10 Å². The molecule has 0 amide bonds. The number of hydrogen-bond donors (Lipinski definition) is 0. The summed E-state index contributed by atoms with van der Waals surface area (Å²) >= 11 is 0. The van der Waals surface area contributed by atoms with Gasteiger partial charge in [-0.2, -0.15) is 0 Å². The molecule has 0 aliphatic rings. The minimum absolute atomic E-state index is 0.0919. The van der Waals surface area contributed by atoms with Gasteiger partial charge in [-0.15, -0.1) is 0 Å². The molecule has 0 saturated heterocycles. The Hall–Kier alpha value is -3.15. The van der Waals surface area contributed by atoms with Gasteiger partial charge >= 0.3 is 17.9 Å². The molecule has 0 radical (unpaired) electrons. The van der Waals surface area contributed by atoms with E-state index in [9.17, 15) is 14.4 Å². The van der Waals surface area contributed by atoms with Crippen molar-refractivity contribution in [2.24, 2.45) is 0 Å². The second-order valence-corrected chi connectivity index (χ2v) is 18.6. The van der Waals surface area contributed by atoms with Gasteiger partial charge in [0.15, 0.2) is 6.10 Å². The Labute approximate surface area is 408 Å². The first-order valence-electron chi connectivity index (χ1n) is 28.0. The molecule has 380 valence electrons. The number of allylic oxidation sites excluding steroid dienone is 12. The third-order valence-corrected chi connectivity index (χ3v) is 12.1. The molecule has 0 aliphatic heterocycles. The summed E-state index contributed by atoms with van der Waals surface area (Å²) in [6.45, 7) is 6.52. The quantitative estimate of drug-likeness (QED) is 0.0262. The van der Waals surface area contributed by atoms with Crippen molar-refractivity contribution in [3.8, 4) is 0 Å². The molecule has 66 heavy (non-hydrogen) atoms. The SMILES string of the molecule is CCCC/C=C\C=C/CCCCCC(=O)OCC(COC(=O)CCCCCCCCCCCCCCCCCCCCC)OC(=O)CCCCCCC\C=C/C=C\C=C/C=C\CCCCC. The minimum Gasteiger partial charge on any atom is -0.462 e. The van der Waals surface area contributed by atoms with Crippen LogP contribution in [0, 0.1) is 0 Å². The average Bonchev–Trinajstić information content (AvgIpc) is 3.31. The maximum atomic E-state index is 12.8. The van der Waals surface area contributed by atoms with Crippen molar-refractivity contribution in [3.63, 3.8) is 0 Å². The van der Waals surface area contributed by atoms with Crippen LogP contribution in [-0.4, -0.2) is 37.2 Å². The standard InChI is InChI=1S/C60H104O6/c1-4-7-10-13-16-19-22-24-26-28-30-32-33-35-38-41-44-47-50-53-59(62)65-56-57(55-64-58(61)52-49-46-43-40-37-21-18-15-12-9-6-3)66-60(63)54-51-48-45-42-39-36-34-31-29-27-25-23-20-17-14-11-8-5-2/h15,17-18,20-21,23,25,27,29,31,34,37,57H,4-14,16,19,22,24,26,28,30,32-33,35-36,38-56H2,1-3H3/b18-15-,20-17-,25-23-,29-27-,34-31-,37-21-. The fraction of sp³-hybridized carbons (Fsp3) is 0.750. The van der Waals surface area contributed by atoms with E-state index in [-0.39, 0.29) is 31.1 Å². The molecule has 6 nitrogen and oxygen atoms in total. The number of esters is 3. The second kappa shape index (κ2) is 54.5. The van der Waals surface area contributed by atoms with Gasteiger partial charge in [-0.3, -0.25) is 14.4 Å². The molecule has 6 heteroatoms. The first-order valence-corrected chi connectivity index (χ1v) is 28.0. The number of unbranched alkanes of at least 4 members (excludes halogenated alkanes) is 31. The number of rotatable bonds is 50. The third kappa shape index (κ3) is 51.8. The molecule has 1 unspecified atom stereocenters. The monoisotopic (exact) mass is 921 g/mol. The fourth-order valence-corrected chi connectivity index (χ4v) is 7.78. The summed E-state index contributed by atoms with van der Waals surface area (Å²) in [5.74, 6) is -0.937. The van der Waals surface area contributed by atoms with E-state index in [2.05, 4.69) is 93.7 Å². The van der Waals surface area contributed by atoms with Crippen LogP contribution in [0.4, 0.5) is 0 Å². The number of carbonyl (C=O) groups excluding carboxylic acids is 3. The number of hydrogen-bond acceptors (Lipinski definition) is 6. The van der Waals surface area contributed by atoms with Crippen molar-refractivity contribution in [1.82, 2.24) is 0 Å². The van der Waals surface area contributed by atoms with Crippen molar-refractivity contribution in [1.29, 1.82) is 0 Å². The normalized spacial score (nSPS) is 12.6. The molecule has 0 fully saturated rings. The highest BCUT2D eigenvalue weighted by atomic mass is 16.6. The van der Waals surface area contributed by atoms with Crippen molar-refractivity contribution in [3.05, 3.63) is 72.9 Å². The van der Waals surface area contributed by atoms with Gasteiger partial charge < -0.3 is 14.2 Å². The van der Waals surface area contributed by atoms with Crippen LogP contribution in [0.5, 0.6) is 0 Å². The van der Waals surface area contributed by atoms with Crippen molar-refractivity contribution in [2.45, 2.75) is 277 Å². The Kier molecular flexibility index (Phi) is 51.9. The predicted molar refractivity (Wildman–Crippen MR) is 284 cm³/mol. The van der Waals surface area contributed by atoms with Crippen molar-refractivity contribution in [2.75, 3.05) is 13.2 Å². The molecular weight excluding hydrogens is 817 g/mol. The summed E-state index contributed by atoms with van der Waals surface area (Å²) in [4.78, 5) is 38.0. The largest absolute Gasteiger partial charge is 0.462 e. The van der Waals surface area contributed by atoms with Gasteiger partial charge in [0.1, 0.15) is 13.2 Å². The van der Waals surface area contributed by atoms with Crippen LogP contribution in [-0.2, 0) is 28.6 Å². The van der Waals surface area contributed by atoms with Crippen LogP contribution >= 0.6 is 0 Å². The van der Waals surface area contributed by atoms with E-state index in [0.717, 1.165) is 96.3 Å². The van der Waals surface area contributed by atoms with Crippen LogP contribution in [0.1, 0.15) is 271 Å². The van der Waals surface area contributed by atoms with Crippen LogP contribution in [0.3, 0.4) is 0 Å². The summed E-state index contributed by atoms with van der Waals surface area (Å²) < 4.78 is 16.8. The molecule has 0 heterocycles. The molecule has 0 aromatic heterocycles. The van der Waals surface area contributed by atoms with Gasteiger partial charge in [-0.05, 0) is 64.2 Å². The lowest BCUT2D eigenvalue weighted by molar-refractivity contribution is -0.167. The van der Waals surface area contributed by atoms with Crippen LogP contribution in [0.15, 0.2) is 72.9 Å². The van der Waals surface area contributed by atoms with Gasteiger partial charge in [0, 0.05) is 19.3 Å². The van der Waals surface area contributed by atoms with Crippen LogP contribution in [0.2, 0.25) is 0 Å². The molecule has 0 aromatic rings. The molecule has 0 saturated carbocycles. The lowest BCUT2D eigenvalue weighted by Gasteiger charge is -2.18. The summed E-state index contributed by atoms with van der Waals surface area (Å²) in [5, 5.41) is 0. The first-order chi connectivity index (χ1) is 32.5. The molecule has 0 aliphatic carbocycles. The average molecular weight is 921 g/mol. The molecule has 0 N–H and O–H groups in total. The lowest BCUT2D eigenvalue weighted by Crippen LogP contribution is -2.30. The highest BCUT2D eigenvalue weighted by Gasteiger charge is 2.19. The van der Waals surface area contributed by atoms with Crippen LogP contribution < -0.4 is 0 Å². The zero-order valence-electron chi connectivity index (χ0n) is 43.4. The Morgan fingerprint density at radius 3 is 0.955 bits per heavy atom. The Bertz CT molecular complexity index is 1240. The van der Waals surface area contributed by atoms with Crippen molar-refractivity contribution < 1.29 is 28.6 Å². The van der Waals surface area contributed by atoms with E-state index in [4.69, 9.17) is 14.2 Å². The van der Waals surface area contributed by atoms with Gasteiger partial charge in [0.05, 0.1) is 0 Å². The molecule has 0 bridgehead atoms. The number of ether oxygens (including phenoxy) is 3. The second-order valence-electron chi connectivity index (χ2n) is 18.6. The smallest absolute Gasteiger partial charge is 0.306 e. The Morgan fingerprint density at radius 2 is 0.561 bits per heavy atom. The summed E-state index contributed by atoms with van der Waals surface area (Å²) in [5.41, 5.74) is 0. The predicted octanol–water partition coefficient (Wildman–Crippen LogP) is 18.6. The lowest BCUT2D eigenvalue weighted by atomic mass is 10.0. The highest BCUT2D eigenvalue weighted by molar-refractivity contribution is 5.71. The Balaban J connectivity index is 4.39. The zero-order chi connectivity index (χ0) is 47.9. The molecule has 0 rings (SSSR count). The molecule has 0 aromatic carbocycles.